The van der Waals surface area contributed by atoms with Crippen LogP contribution in [0, 0.1) is 0 Å². The maximum atomic E-state index is 11.8. The van der Waals surface area contributed by atoms with E-state index in [0.29, 0.717) is 12.6 Å². The molecule has 1 rings (SSSR count). The van der Waals surface area contributed by atoms with Crippen LogP contribution in [-0.4, -0.2) is 79.1 Å². The van der Waals surface area contributed by atoms with Gasteiger partial charge in [-0.1, -0.05) is 0 Å². The molecular weight excluding hydrogens is 264 g/mol. The number of nitrogens with zero attached hydrogens (tertiary/aromatic N) is 2. The van der Waals surface area contributed by atoms with Gasteiger partial charge < -0.3 is 25.5 Å². The highest BCUT2D eigenvalue weighted by atomic mass is 16.4. The molecule has 20 heavy (non-hydrogen) atoms. The van der Waals surface area contributed by atoms with Crippen molar-refractivity contribution in [1.29, 1.82) is 0 Å². The van der Waals surface area contributed by atoms with E-state index in [1.165, 1.54) is 4.90 Å². The van der Waals surface area contributed by atoms with Gasteiger partial charge in [0.25, 0.3) is 0 Å². The number of aliphatic carboxylic acids is 1. The standard InChI is InChI=1S/C12H22N4O4/c1-15-5-3-4-9(15)8-16(2)12(20)14-6-10(17)13-7-11(18)19/h9H,3-8H2,1-2H3,(H,13,17)(H,14,20)(H,18,19). The first-order valence-electron chi connectivity index (χ1n) is 6.58. The number of nitrogens with one attached hydrogen (secondary N) is 2. The lowest BCUT2D eigenvalue weighted by atomic mass is 10.2. The molecule has 1 heterocycles. The fraction of sp³-hybridized carbons (Fsp3) is 0.750. The lowest BCUT2D eigenvalue weighted by Crippen LogP contribution is -2.47. The number of urea groups is 1. The second kappa shape index (κ2) is 7.68. The van der Waals surface area contributed by atoms with Gasteiger partial charge >= 0.3 is 12.0 Å². The predicted molar refractivity (Wildman–Crippen MR) is 72.3 cm³/mol. The van der Waals surface area contributed by atoms with E-state index in [4.69, 9.17) is 5.11 Å². The minimum absolute atomic E-state index is 0.225. The van der Waals surface area contributed by atoms with Crippen molar-refractivity contribution in [3.63, 3.8) is 0 Å². The van der Waals surface area contributed by atoms with Gasteiger partial charge in [-0.2, -0.15) is 0 Å². The van der Waals surface area contributed by atoms with Gasteiger partial charge in [0.05, 0.1) is 6.54 Å². The summed E-state index contributed by atoms with van der Waals surface area (Å²) in [6.45, 7) is 0.977. The molecule has 8 nitrogen and oxygen atoms in total. The Morgan fingerprint density at radius 2 is 2.00 bits per heavy atom. The number of hydrogen-bond donors (Lipinski definition) is 3. The molecule has 1 aliphatic rings. The summed E-state index contributed by atoms with van der Waals surface area (Å²) in [5, 5.41) is 13.0. The van der Waals surface area contributed by atoms with Crippen molar-refractivity contribution in [1.82, 2.24) is 20.4 Å². The highest BCUT2D eigenvalue weighted by molar-refractivity contribution is 5.86. The summed E-state index contributed by atoms with van der Waals surface area (Å²) in [4.78, 5) is 37.0. The number of carbonyl (C=O) groups is 3. The normalized spacial score (nSPS) is 18.6. The Morgan fingerprint density at radius 3 is 2.55 bits per heavy atom. The monoisotopic (exact) mass is 286 g/mol. The number of carboxylic acid groups (broad SMARTS) is 1. The van der Waals surface area contributed by atoms with Crippen LogP contribution in [0.5, 0.6) is 0 Å². The lowest BCUT2D eigenvalue weighted by molar-refractivity contribution is -0.137. The van der Waals surface area contributed by atoms with Gasteiger partial charge in [0, 0.05) is 19.6 Å². The Labute approximate surface area is 118 Å². The van der Waals surface area contributed by atoms with Crippen molar-refractivity contribution in [2.75, 3.05) is 40.3 Å². The molecule has 0 aromatic carbocycles. The summed E-state index contributed by atoms with van der Waals surface area (Å²) < 4.78 is 0. The fourth-order valence-electron chi connectivity index (χ4n) is 2.14. The average Bonchev–Trinajstić information content (AvgIpc) is 2.79. The van der Waals surface area contributed by atoms with Gasteiger partial charge in [-0.05, 0) is 26.4 Å². The second-order valence-electron chi connectivity index (χ2n) is 4.99. The number of likely N-dealkylation sites (N-methyl/N-ethyl adjacent to an activating group) is 2. The molecule has 0 radical (unpaired) electrons. The summed E-state index contributed by atoms with van der Waals surface area (Å²) in [6.07, 6.45) is 2.20. The fourth-order valence-corrected chi connectivity index (χ4v) is 2.14. The SMILES string of the molecule is CN(CC1CCCN1C)C(=O)NCC(=O)NCC(=O)O. The number of carboxylic acids is 1. The minimum Gasteiger partial charge on any atom is -0.480 e. The van der Waals surface area contributed by atoms with Crippen LogP contribution in [0.4, 0.5) is 4.79 Å². The molecule has 1 atom stereocenters. The van der Waals surface area contributed by atoms with Crippen LogP contribution in [0.2, 0.25) is 0 Å². The Kier molecular flexibility index (Phi) is 6.23. The van der Waals surface area contributed by atoms with Gasteiger partial charge in [0.2, 0.25) is 5.91 Å². The number of amides is 3. The van der Waals surface area contributed by atoms with E-state index in [1.54, 1.807) is 7.05 Å². The molecule has 8 heteroatoms. The number of hydrogen-bond acceptors (Lipinski definition) is 4. The first-order chi connectivity index (χ1) is 9.40. The molecule has 1 aliphatic heterocycles. The van der Waals surface area contributed by atoms with E-state index in [0.717, 1.165) is 19.4 Å². The molecule has 0 aromatic heterocycles. The van der Waals surface area contributed by atoms with Crippen molar-refractivity contribution < 1.29 is 19.5 Å². The molecular formula is C12H22N4O4. The van der Waals surface area contributed by atoms with Gasteiger partial charge in [-0.25, -0.2) is 4.79 Å². The van der Waals surface area contributed by atoms with Crippen LogP contribution in [0.25, 0.3) is 0 Å². The van der Waals surface area contributed by atoms with Crippen molar-refractivity contribution in [3.05, 3.63) is 0 Å². The van der Waals surface area contributed by atoms with Gasteiger partial charge in [-0.3, -0.25) is 9.59 Å². The van der Waals surface area contributed by atoms with Crippen LogP contribution in [0.3, 0.4) is 0 Å². The van der Waals surface area contributed by atoms with E-state index in [1.807, 2.05) is 7.05 Å². The Balaban J connectivity index is 2.24. The zero-order valence-corrected chi connectivity index (χ0v) is 11.9. The molecule has 0 aliphatic carbocycles. The summed E-state index contributed by atoms with van der Waals surface area (Å²) >= 11 is 0. The van der Waals surface area contributed by atoms with Crippen molar-refractivity contribution in [3.8, 4) is 0 Å². The summed E-state index contributed by atoms with van der Waals surface area (Å²) in [7, 11) is 3.71. The average molecular weight is 286 g/mol. The largest absolute Gasteiger partial charge is 0.480 e. The van der Waals surface area contributed by atoms with E-state index in [2.05, 4.69) is 15.5 Å². The molecule has 0 spiro atoms. The molecule has 0 aromatic rings. The van der Waals surface area contributed by atoms with Crippen LogP contribution in [0.15, 0.2) is 0 Å². The first-order valence-corrected chi connectivity index (χ1v) is 6.58. The van der Waals surface area contributed by atoms with Crippen molar-refractivity contribution >= 4 is 17.9 Å². The van der Waals surface area contributed by atoms with Gasteiger partial charge in [0.15, 0.2) is 0 Å². The summed E-state index contributed by atoms with van der Waals surface area (Å²) in [6, 6.07) is 0.0161. The highest BCUT2D eigenvalue weighted by Crippen LogP contribution is 2.15. The number of carbonyl (C=O) groups excluding carboxylic acids is 2. The number of likely N-dealkylation sites (tertiary alicyclic amines) is 1. The van der Waals surface area contributed by atoms with Crippen LogP contribution < -0.4 is 10.6 Å². The maximum Gasteiger partial charge on any atom is 0.322 e. The third-order valence-electron chi connectivity index (χ3n) is 3.34. The zero-order valence-electron chi connectivity index (χ0n) is 11.9. The first kappa shape index (κ1) is 16.2. The summed E-state index contributed by atoms with van der Waals surface area (Å²) in [5.41, 5.74) is 0. The maximum absolute atomic E-state index is 11.8. The summed E-state index contributed by atoms with van der Waals surface area (Å²) in [5.74, 6) is -1.64. The highest BCUT2D eigenvalue weighted by Gasteiger charge is 2.23. The minimum atomic E-state index is -1.12. The molecule has 114 valence electrons. The van der Waals surface area contributed by atoms with Crippen LogP contribution >= 0.6 is 0 Å². The van der Waals surface area contributed by atoms with Crippen LogP contribution in [-0.2, 0) is 9.59 Å². The van der Waals surface area contributed by atoms with Gasteiger partial charge in [-0.15, -0.1) is 0 Å². The van der Waals surface area contributed by atoms with Crippen molar-refractivity contribution in [2.45, 2.75) is 18.9 Å². The smallest absolute Gasteiger partial charge is 0.322 e. The zero-order chi connectivity index (χ0) is 15.1. The van der Waals surface area contributed by atoms with Crippen molar-refractivity contribution in [2.24, 2.45) is 0 Å². The Morgan fingerprint density at radius 1 is 1.30 bits per heavy atom. The molecule has 3 amide bonds. The van der Waals surface area contributed by atoms with E-state index in [-0.39, 0.29) is 12.6 Å². The lowest BCUT2D eigenvalue weighted by Gasteiger charge is -2.25. The van der Waals surface area contributed by atoms with E-state index in [9.17, 15) is 14.4 Å². The van der Waals surface area contributed by atoms with E-state index >= 15 is 0 Å². The van der Waals surface area contributed by atoms with Crippen LogP contribution in [0.1, 0.15) is 12.8 Å². The molecule has 0 saturated carbocycles. The second-order valence-corrected chi connectivity index (χ2v) is 4.99. The molecule has 3 N–H and O–H groups in total. The Bertz CT molecular complexity index is 374. The quantitative estimate of drug-likeness (QED) is 0.576. The molecule has 0 bridgehead atoms. The molecule has 1 saturated heterocycles. The Hall–Kier alpha value is -1.83. The molecule has 1 fully saturated rings. The third-order valence-corrected chi connectivity index (χ3v) is 3.34. The predicted octanol–water partition coefficient (Wildman–Crippen LogP) is -1.08. The van der Waals surface area contributed by atoms with Gasteiger partial charge in [0.1, 0.15) is 6.54 Å². The molecule has 1 unspecified atom stereocenters. The topological polar surface area (TPSA) is 102 Å². The number of rotatable bonds is 6. The van der Waals surface area contributed by atoms with E-state index < -0.39 is 18.4 Å². The third kappa shape index (κ3) is 5.43.